The number of thioether (sulfide) groups is 1. The fourth-order valence-corrected chi connectivity index (χ4v) is 5.83. The molecule has 5 rings (SSSR count). The molecule has 174 valence electrons. The highest BCUT2D eigenvalue weighted by atomic mass is 32.2. The van der Waals surface area contributed by atoms with E-state index in [2.05, 4.69) is 0 Å². The molecule has 2 aromatic carbocycles. The average Bonchev–Trinajstić information content (AvgIpc) is 3.06. The zero-order chi connectivity index (χ0) is 24.3. The fourth-order valence-electron chi connectivity index (χ4n) is 4.59. The number of esters is 2. The SMILES string of the molecule is COC(=O)c1ccc(OC)c(N2C(=O)[C@@H]3[C@H](SC(N)=C4C(=O)Oc5cc(O)ccc5[C@H]43)C2=O)c1. The molecule has 0 aliphatic carbocycles. The number of benzene rings is 2. The summed E-state index contributed by atoms with van der Waals surface area (Å²) >= 11 is 0.926. The van der Waals surface area contributed by atoms with Gasteiger partial charge >= 0.3 is 11.9 Å². The van der Waals surface area contributed by atoms with Gasteiger partial charge < -0.3 is 25.1 Å². The summed E-state index contributed by atoms with van der Waals surface area (Å²) in [5.41, 5.74) is 6.95. The molecule has 0 radical (unpaired) electrons. The van der Waals surface area contributed by atoms with Crippen molar-refractivity contribution >= 4 is 41.2 Å². The summed E-state index contributed by atoms with van der Waals surface area (Å²) in [5, 5.41) is 9.01. The lowest BCUT2D eigenvalue weighted by atomic mass is 9.77. The van der Waals surface area contributed by atoms with E-state index in [4.69, 9.17) is 19.9 Å². The number of imide groups is 1. The molecule has 2 aromatic rings. The topological polar surface area (TPSA) is 145 Å². The third kappa shape index (κ3) is 3.04. The molecule has 3 aliphatic rings. The maximum atomic E-state index is 13.8. The fraction of sp³-hybridized carbons (Fsp3) is 0.217. The molecule has 34 heavy (non-hydrogen) atoms. The Bertz CT molecular complexity index is 1320. The van der Waals surface area contributed by atoms with Crippen molar-refractivity contribution < 1.29 is 38.5 Å². The van der Waals surface area contributed by atoms with Gasteiger partial charge in [0.05, 0.1) is 42.0 Å². The highest BCUT2D eigenvalue weighted by Gasteiger charge is 2.59. The average molecular weight is 482 g/mol. The Morgan fingerprint density at radius 1 is 1.12 bits per heavy atom. The van der Waals surface area contributed by atoms with Crippen molar-refractivity contribution in [2.75, 3.05) is 19.1 Å². The number of aromatic hydroxyl groups is 1. The van der Waals surface area contributed by atoms with E-state index in [1.807, 2.05) is 0 Å². The minimum atomic E-state index is -0.970. The normalized spacial score (nSPS) is 23.2. The van der Waals surface area contributed by atoms with Gasteiger partial charge in [-0.2, -0.15) is 0 Å². The molecule has 0 aromatic heterocycles. The van der Waals surface area contributed by atoms with Crippen molar-refractivity contribution in [3.63, 3.8) is 0 Å². The molecular formula is C23H18N2O8S. The highest BCUT2D eigenvalue weighted by Crippen LogP contribution is 2.55. The lowest BCUT2D eigenvalue weighted by Crippen LogP contribution is -2.39. The summed E-state index contributed by atoms with van der Waals surface area (Å²) in [5.74, 6) is -4.15. The van der Waals surface area contributed by atoms with Crippen LogP contribution in [0.3, 0.4) is 0 Å². The summed E-state index contributed by atoms with van der Waals surface area (Å²) < 4.78 is 15.4. The number of nitrogens with two attached hydrogens (primary N) is 1. The molecule has 0 spiro atoms. The number of phenolic OH excluding ortho intramolecular Hbond substituents is 1. The zero-order valence-electron chi connectivity index (χ0n) is 17.9. The zero-order valence-corrected chi connectivity index (χ0v) is 18.8. The first-order chi connectivity index (χ1) is 16.3. The second-order valence-corrected chi connectivity index (χ2v) is 9.00. The molecule has 0 saturated carbocycles. The number of phenols is 1. The Morgan fingerprint density at radius 3 is 2.59 bits per heavy atom. The number of hydrogen-bond acceptors (Lipinski definition) is 10. The predicted molar refractivity (Wildman–Crippen MR) is 119 cm³/mol. The first-order valence-electron chi connectivity index (χ1n) is 10.1. The van der Waals surface area contributed by atoms with E-state index in [-0.39, 0.29) is 39.1 Å². The first kappa shape index (κ1) is 21.8. The number of carbonyl (C=O) groups is 4. The monoisotopic (exact) mass is 482 g/mol. The van der Waals surface area contributed by atoms with Gasteiger partial charge in [-0.15, -0.1) is 0 Å². The van der Waals surface area contributed by atoms with Gasteiger partial charge in [0, 0.05) is 17.5 Å². The molecule has 0 bridgehead atoms. The van der Waals surface area contributed by atoms with Crippen LogP contribution in [0.2, 0.25) is 0 Å². The van der Waals surface area contributed by atoms with Gasteiger partial charge in [0.1, 0.15) is 22.5 Å². The van der Waals surface area contributed by atoms with Gasteiger partial charge in [-0.3, -0.25) is 9.59 Å². The number of rotatable bonds is 3. The van der Waals surface area contributed by atoms with Crippen LogP contribution in [0, 0.1) is 5.92 Å². The molecule has 1 fully saturated rings. The maximum Gasteiger partial charge on any atom is 0.342 e. The van der Waals surface area contributed by atoms with Crippen LogP contribution in [-0.4, -0.2) is 48.3 Å². The molecule has 0 unspecified atom stereocenters. The van der Waals surface area contributed by atoms with E-state index in [9.17, 15) is 24.3 Å². The largest absolute Gasteiger partial charge is 0.508 e. The van der Waals surface area contributed by atoms with Gasteiger partial charge in [-0.05, 0) is 24.3 Å². The van der Waals surface area contributed by atoms with Crippen LogP contribution in [-0.2, 0) is 19.1 Å². The van der Waals surface area contributed by atoms with Gasteiger partial charge in [-0.1, -0.05) is 17.8 Å². The van der Waals surface area contributed by atoms with Crippen LogP contribution in [0.4, 0.5) is 5.69 Å². The summed E-state index contributed by atoms with van der Waals surface area (Å²) in [6.45, 7) is 0. The van der Waals surface area contributed by atoms with Gasteiger partial charge in [0.2, 0.25) is 11.8 Å². The number of hydrogen-bond donors (Lipinski definition) is 2. The van der Waals surface area contributed by atoms with Crippen molar-refractivity contribution in [3.05, 3.63) is 58.1 Å². The van der Waals surface area contributed by atoms with E-state index < -0.39 is 40.8 Å². The van der Waals surface area contributed by atoms with Gasteiger partial charge in [0.15, 0.2) is 0 Å². The molecule has 2 amide bonds. The van der Waals surface area contributed by atoms with Gasteiger partial charge in [-0.25, -0.2) is 14.5 Å². The van der Waals surface area contributed by atoms with Crippen LogP contribution < -0.4 is 20.1 Å². The van der Waals surface area contributed by atoms with Crippen molar-refractivity contribution in [1.82, 2.24) is 0 Å². The number of anilines is 1. The molecule has 11 heteroatoms. The van der Waals surface area contributed by atoms with Crippen LogP contribution >= 0.6 is 11.8 Å². The molecule has 3 atom stereocenters. The van der Waals surface area contributed by atoms with E-state index in [1.165, 1.54) is 44.6 Å². The van der Waals surface area contributed by atoms with Crippen LogP contribution in [0.5, 0.6) is 17.2 Å². The van der Waals surface area contributed by atoms with Crippen molar-refractivity contribution in [2.45, 2.75) is 11.2 Å². The van der Waals surface area contributed by atoms with E-state index in [0.29, 0.717) is 5.56 Å². The number of methoxy groups -OCH3 is 2. The Kier molecular flexibility index (Phi) is 5.01. The van der Waals surface area contributed by atoms with Crippen LogP contribution in [0.15, 0.2) is 47.0 Å². The highest BCUT2D eigenvalue weighted by molar-refractivity contribution is 8.04. The number of nitrogens with zero attached hydrogens (tertiary/aromatic N) is 1. The van der Waals surface area contributed by atoms with E-state index in [1.54, 1.807) is 6.07 Å². The number of carbonyl (C=O) groups excluding carboxylic acids is 4. The summed E-state index contributed by atoms with van der Waals surface area (Å²) in [6, 6.07) is 8.50. The Labute approximate surface area is 197 Å². The lowest BCUT2D eigenvalue weighted by molar-refractivity contribution is -0.131. The first-order valence-corrected chi connectivity index (χ1v) is 11.0. The number of ether oxygens (including phenoxy) is 3. The molecule has 3 aliphatic heterocycles. The Balaban J connectivity index is 1.65. The molecule has 1 saturated heterocycles. The third-order valence-electron chi connectivity index (χ3n) is 6.08. The van der Waals surface area contributed by atoms with E-state index in [0.717, 1.165) is 16.7 Å². The quantitative estimate of drug-likeness (QED) is 0.376. The lowest BCUT2D eigenvalue weighted by Gasteiger charge is -2.36. The second kappa shape index (κ2) is 7.80. The van der Waals surface area contributed by atoms with Crippen LogP contribution in [0.1, 0.15) is 21.8 Å². The minimum absolute atomic E-state index is 0.0832. The molecule has 3 heterocycles. The number of amides is 2. The molecule has 3 N–H and O–H groups in total. The Hall–Kier alpha value is -3.99. The second-order valence-electron chi connectivity index (χ2n) is 7.82. The van der Waals surface area contributed by atoms with Crippen molar-refractivity contribution in [3.8, 4) is 17.2 Å². The molecular weight excluding hydrogens is 464 g/mol. The maximum absolute atomic E-state index is 13.8. The predicted octanol–water partition coefficient (Wildman–Crippen LogP) is 1.67. The van der Waals surface area contributed by atoms with Crippen molar-refractivity contribution in [2.24, 2.45) is 11.7 Å². The minimum Gasteiger partial charge on any atom is -0.508 e. The van der Waals surface area contributed by atoms with Crippen LogP contribution in [0.25, 0.3) is 0 Å². The smallest absolute Gasteiger partial charge is 0.342 e. The Morgan fingerprint density at radius 2 is 1.88 bits per heavy atom. The summed E-state index contributed by atoms with van der Waals surface area (Å²) in [7, 11) is 2.60. The summed E-state index contributed by atoms with van der Waals surface area (Å²) in [4.78, 5) is 53.1. The van der Waals surface area contributed by atoms with Crippen molar-refractivity contribution in [1.29, 1.82) is 0 Å². The summed E-state index contributed by atoms with van der Waals surface area (Å²) in [6.07, 6.45) is 0. The van der Waals surface area contributed by atoms with E-state index >= 15 is 0 Å². The van der Waals surface area contributed by atoms with Gasteiger partial charge in [0.25, 0.3) is 0 Å². The third-order valence-corrected chi connectivity index (χ3v) is 7.30. The number of fused-ring (bicyclic) bond motifs is 5. The molecule has 10 nitrogen and oxygen atoms in total. The standard InChI is InChI=1S/C23H18N2O8S/c1-31-13-6-3-9(22(29)32-2)7-12(13)25-20(27)16-15-11-5-4-10(26)8-14(11)33-23(30)17(15)19(24)34-18(16)21(25)28/h3-8,15-16,18,26H,24H2,1-2H3/t15-,16-,18-/m0/s1.